The van der Waals surface area contributed by atoms with Crippen molar-refractivity contribution in [1.29, 1.82) is 0 Å². The fraction of sp³-hybridized carbons (Fsp3) is 0.647. The van der Waals surface area contributed by atoms with Crippen LogP contribution >= 0.6 is 0 Å². The summed E-state index contributed by atoms with van der Waals surface area (Å²) in [4.78, 5) is 0. The maximum Gasteiger partial charge on any atom is 0.0896 e. The van der Waals surface area contributed by atoms with E-state index in [1.807, 2.05) is 6.92 Å². The van der Waals surface area contributed by atoms with Crippen molar-refractivity contribution in [1.82, 2.24) is 0 Å². The molecule has 4 unspecified atom stereocenters. The summed E-state index contributed by atoms with van der Waals surface area (Å²) in [5.74, 6) is 1.92. The molecular formula is C17H26O. The van der Waals surface area contributed by atoms with Crippen LogP contribution < -0.4 is 0 Å². The standard InChI is InChI=1S/C17H26O/c1-12-5-8-15(9-6-12)17(4,18)16-10-7-13(2)14(3)11-16/h5-6,8-9,13-14,16,18H,7,10-11H2,1-4H3. The minimum atomic E-state index is -0.678. The van der Waals surface area contributed by atoms with Gasteiger partial charge in [-0.15, -0.1) is 0 Å². The molecule has 1 saturated carbocycles. The van der Waals surface area contributed by atoms with Crippen molar-refractivity contribution in [2.45, 2.75) is 52.6 Å². The van der Waals surface area contributed by atoms with Gasteiger partial charge in [-0.1, -0.05) is 50.1 Å². The fourth-order valence-corrected chi connectivity index (χ4v) is 3.18. The Balaban J connectivity index is 2.17. The van der Waals surface area contributed by atoms with Gasteiger partial charge in [-0.25, -0.2) is 0 Å². The highest BCUT2D eigenvalue weighted by atomic mass is 16.3. The Labute approximate surface area is 111 Å². The molecule has 1 fully saturated rings. The van der Waals surface area contributed by atoms with Gasteiger partial charge in [-0.3, -0.25) is 0 Å². The average Bonchev–Trinajstić information content (AvgIpc) is 2.33. The quantitative estimate of drug-likeness (QED) is 0.826. The summed E-state index contributed by atoms with van der Waals surface area (Å²) in [5.41, 5.74) is 1.64. The van der Waals surface area contributed by atoms with Gasteiger partial charge >= 0.3 is 0 Å². The molecule has 1 nitrogen and oxygen atoms in total. The smallest absolute Gasteiger partial charge is 0.0896 e. The number of benzene rings is 1. The minimum absolute atomic E-state index is 0.395. The first-order chi connectivity index (χ1) is 8.41. The van der Waals surface area contributed by atoms with Crippen LogP contribution in [0.15, 0.2) is 24.3 Å². The van der Waals surface area contributed by atoms with Gasteiger partial charge in [0.2, 0.25) is 0 Å². The molecule has 1 aliphatic rings. The molecule has 0 aliphatic heterocycles. The van der Waals surface area contributed by atoms with E-state index in [9.17, 15) is 5.11 Å². The van der Waals surface area contributed by atoms with E-state index in [4.69, 9.17) is 0 Å². The summed E-state index contributed by atoms with van der Waals surface area (Å²) in [6.07, 6.45) is 3.53. The van der Waals surface area contributed by atoms with Crippen molar-refractivity contribution in [2.24, 2.45) is 17.8 Å². The maximum absolute atomic E-state index is 10.9. The van der Waals surface area contributed by atoms with Crippen molar-refractivity contribution in [3.05, 3.63) is 35.4 Å². The zero-order valence-corrected chi connectivity index (χ0v) is 12.1. The second-order valence-corrected chi connectivity index (χ2v) is 6.48. The first-order valence-corrected chi connectivity index (χ1v) is 7.20. The number of aliphatic hydroxyl groups is 1. The van der Waals surface area contributed by atoms with Gasteiger partial charge in [0.25, 0.3) is 0 Å². The molecule has 0 aromatic heterocycles. The highest BCUT2D eigenvalue weighted by Gasteiger charge is 2.37. The van der Waals surface area contributed by atoms with Crippen molar-refractivity contribution in [3.8, 4) is 0 Å². The molecule has 1 N–H and O–H groups in total. The molecule has 0 saturated heterocycles. The lowest BCUT2D eigenvalue weighted by Crippen LogP contribution is -2.36. The lowest BCUT2D eigenvalue weighted by molar-refractivity contribution is -0.0371. The van der Waals surface area contributed by atoms with Crippen LogP contribution in [0.2, 0.25) is 0 Å². The summed E-state index contributed by atoms with van der Waals surface area (Å²) in [5, 5.41) is 10.9. The van der Waals surface area contributed by atoms with Gasteiger partial charge in [-0.05, 0) is 50.0 Å². The summed E-state index contributed by atoms with van der Waals surface area (Å²) in [6, 6.07) is 8.35. The van der Waals surface area contributed by atoms with E-state index in [1.165, 1.54) is 12.0 Å². The second-order valence-electron chi connectivity index (χ2n) is 6.48. The Morgan fingerprint density at radius 2 is 1.67 bits per heavy atom. The predicted molar refractivity (Wildman–Crippen MR) is 76.4 cm³/mol. The number of hydrogen-bond acceptors (Lipinski definition) is 1. The molecule has 100 valence electrons. The van der Waals surface area contributed by atoms with Gasteiger partial charge in [0.1, 0.15) is 0 Å². The van der Waals surface area contributed by atoms with E-state index in [-0.39, 0.29) is 0 Å². The van der Waals surface area contributed by atoms with Gasteiger partial charge in [0.05, 0.1) is 5.60 Å². The van der Waals surface area contributed by atoms with E-state index in [2.05, 4.69) is 45.0 Å². The molecule has 1 aromatic carbocycles. The van der Waals surface area contributed by atoms with E-state index in [1.54, 1.807) is 0 Å². The minimum Gasteiger partial charge on any atom is -0.385 e. The van der Waals surface area contributed by atoms with Crippen LogP contribution in [0.1, 0.15) is 51.2 Å². The lowest BCUT2D eigenvalue weighted by atomic mass is 9.68. The van der Waals surface area contributed by atoms with Crippen molar-refractivity contribution in [3.63, 3.8) is 0 Å². The monoisotopic (exact) mass is 246 g/mol. The van der Waals surface area contributed by atoms with Crippen LogP contribution in [-0.2, 0) is 5.60 Å². The highest BCUT2D eigenvalue weighted by Crippen LogP contribution is 2.43. The third kappa shape index (κ3) is 2.61. The second kappa shape index (κ2) is 5.05. The first kappa shape index (κ1) is 13.6. The molecule has 1 heteroatoms. The summed E-state index contributed by atoms with van der Waals surface area (Å²) in [7, 11) is 0. The van der Waals surface area contributed by atoms with E-state index in [0.29, 0.717) is 5.92 Å². The zero-order valence-electron chi connectivity index (χ0n) is 12.1. The van der Waals surface area contributed by atoms with Gasteiger partial charge in [-0.2, -0.15) is 0 Å². The van der Waals surface area contributed by atoms with Crippen LogP contribution in [0.4, 0.5) is 0 Å². The third-order valence-corrected chi connectivity index (χ3v) is 5.03. The molecule has 4 atom stereocenters. The molecule has 0 heterocycles. The molecule has 18 heavy (non-hydrogen) atoms. The molecular weight excluding hydrogens is 220 g/mol. The zero-order chi connectivity index (χ0) is 13.3. The van der Waals surface area contributed by atoms with Crippen molar-refractivity contribution >= 4 is 0 Å². The molecule has 0 amide bonds. The normalized spacial score (nSPS) is 31.9. The van der Waals surface area contributed by atoms with Crippen LogP contribution in [0.5, 0.6) is 0 Å². The van der Waals surface area contributed by atoms with Crippen LogP contribution in [0, 0.1) is 24.7 Å². The summed E-state index contributed by atoms with van der Waals surface area (Å²) < 4.78 is 0. The van der Waals surface area contributed by atoms with Crippen LogP contribution in [0.25, 0.3) is 0 Å². The fourth-order valence-electron chi connectivity index (χ4n) is 3.18. The van der Waals surface area contributed by atoms with Gasteiger partial charge in [0.15, 0.2) is 0 Å². The van der Waals surface area contributed by atoms with Gasteiger partial charge in [0, 0.05) is 0 Å². The first-order valence-electron chi connectivity index (χ1n) is 7.20. The van der Waals surface area contributed by atoms with Crippen LogP contribution in [0.3, 0.4) is 0 Å². The maximum atomic E-state index is 10.9. The van der Waals surface area contributed by atoms with Crippen molar-refractivity contribution < 1.29 is 5.11 Å². The molecule has 0 radical (unpaired) electrons. The summed E-state index contributed by atoms with van der Waals surface area (Å²) >= 11 is 0. The number of hydrogen-bond donors (Lipinski definition) is 1. The summed E-state index contributed by atoms with van der Waals surface area (Å²) in [6.45, 7) is 8.73. The lowest BCUT2D eigenvalue weighted by Gasteiger charge is -2.40. The Bertz CT molecular complexity index is 391. The van der Waals surface area contributed by atoms with E-state index >= 15 is 0 Å². The molecule has 1 aliphatic carbocycles. The molecule has 1 aromatic rings. The Morgan fingerprint density at radius 3 is 2.22 bits per heavy atom. The Kier molecular flexibility index (Phi) is 3.82. The van der Waals surface area contributed by atoms with E-state index < -0.39 is 5.60 Å². The number of aryl methyl sites for hydroxylation is 1. The van der Waals surface area contributed by atoms with Crippen LogP contribution in [-0.4, -0.2) is 5.11 Å². The van der Waals surface area contributed by atoms with Crippen molar-refractivity contribution in [2.75, 3.05) is 0 Å². The molecule has 0 bridgehead atoms. The highest BCUT2D eigenvalue weighted by molar-refractivity contribution is 5.26. The average molecular weight is 246 g/mol. The molecule has 0 spiro atoms. The Morgan fingerprint density at radius 1 is 1.06 bits per heavy atom. The third-order valence-electron chi connectivity index (χ3n) is 5.03. The largest absolute Gasteiger partial charge is 0.385 e. The molecule has 2 rings (SSSR count). The van der Waals surface area contributed by atoms with E-state index in [0.717, 1.165) is 30.2 Å². The predicted octanol–water partition coefficient (Wildman–Crippen LogP) is 4.27. The number of rotatable bonds is 2. The SMILES string of the molecule is Cc1ccc(C(C)(O)C2CCC(C)C(C)C2)cc1. The van der Waals surface area contributed by atoms with Gasteiger partial charge < -0.3 is 5.11 Å². The topological polar surface area (TPSA) is 20.2 Å². The Hall–Kier alpha value is -0.820.